The smallest absolute Gasteiger partial charge is 0.246 e. The summed E-state index contributed by atoms with van der Waals surface area (Å²) in [6.07, 6.45) is 4.49. The molecule has 0 spiro atoms. The fourth-order valence-electron chi connectivity index (χ4n) is 3.25. The van der Waals surface area contributed by atoms with Crippen LogP contribution in [0, 0.1) is 11.3 Å². The highest BCUT2D eigenvalue weighted by atomic mass is 16.2. The predicted molar refractivity (Wildman–Crippen MR) is 74.5 cm³/mol. The van der Waals surface area contributed by atoms with Crippen LogP contribution >= 0.6 is 0 Å². The zero-order valence-corrected chi connectivity index (χ0v) is 12.5. The van der Waals surface area contributed by atoms with Crippen LogP contribution < -0.4 is 5.32 Å². The van der Waals surface area contributed by atoms with Crippen molar-refractivity contribution in [1.29, 1.82) is 0 Å². The summed E-state index contributed by atoms with van der Waals surface area (Å²) < 4.78 is 0. The van der Waals surface area contributed by atoms with Crippen LogP contribution in [0.2, 0.25) is 0 Å². The third-order valence-electron chi connectivity index (χ3n) is 4.36. The quantitative estimate of drug-likeness (QED) is 0.788. The lowest BCUT2D eigenvalue weighted by molar-refractivity contribution is -0.150. The Bertz CT molecular complexity index is 373. The van der Waals surface area contributed by atoms with Gasteiger partial charge in [-0.1, -0.05) is 40.5 Å². The molecule has 0 aromatic rings. The van der Waals surface area contributed by atoms with Crippen molar-refractivity contribution >= 4 is 11.8 Å². The molecule has 4 heteroatoms. The fourth-order valence-corrected chi connectivity index (χ4v) is 3.25. The lowest BCUT2D eigenvalue weighted by atomic mass is 9.82. The van der Waals surface area contributed by atoms with Crippen LogP contribution in [0.15, 0.2) is 0 Å². The summed E-state index contributed by atoms with van der Waals surface area (Å²) >= 11 is 0. The van der Waals surface area contributed by atoms with E-state index in [1.165, 1.54) is 6.42 Å². The van der Waals surface area contributed by atoms with E-state index >= 15 is 0 Å². The molecule has 1 heterocycles. The van der Waals surface area contributed by atoms with Crippen LogP contribution in [0.5, 0.6) is 0 Å². The van der Waals surface area contributed by atoms with Gasteiger partial charge >= 0.3 is 0 Å². The molecule has 0 radical (unpaired) electrons. The molecule has 1 N–H and O–H groups in total. The van der Waals surface area contributed by atoms with Gasteiger partial charge in [-0.15, -0.1) is 0 Å². The zero-order valence-electron chi connectivity index (χ0n) is 12.5. The van der Waals surface area contributed by atoms with Gasteiger partial charge in [-0.3, -0.25) is 9.59 Å². The molecule has 2 fully saturated rings. The van der Waals surface area contributed by atoms with Crippen molar-refractivity contribution in [1.82, 2.24) is 10.2 Å². The van der Waals surface area contributed by atoms with Crippen molar-refractivity contribution in [3.05, 3.63) is 0 Å². The Morgan fingerprint density at radius 3 is 2.47 bits per heavy atom. The molecule has 1 aliphatic carbocycles. The first-order valence-electron chi connectivity index (χ1n) is 7.39. The zero-order chi connectivity index (χ0) is 14.2. The van der Waals surface area contributed by atoms with E-state index in [2.05, 4.69) is 12.2 Å². The van der Waals surface area contributed by atoms with E-state index in [1.807, 2.05) is 25.7 Å². The van der Waals surface area contributed by atoms with Gasteiger partial charge in [0.25, 0.3) is 0 Å². The van der Waals surface area contributed by atoms with Gasteiger partial charge < -0.3 is 10.2 Å². The number of rotatable bonds is 1. The van der Waals surface area contributed by atoms with Gasteiger partial charge in [0.15, 0.2) is 0 Å². The minimum absolute atomic E-state index is 0.0160. The third kappa shape index (κ3) is 3.10. The van der Waals surface area contributed by atoms with Gasteiger partial charge in [-0.25, -0.2) is 0 Å². The molecule has 0 aromatic heterocycles. The molecule has 1 aliphatic heterocycles. The Balaban J connectivity index is 2.15. The van der Waals surface area contributed by atoms with E-state index in [-0.39, 0.29) is 35.9 Å². The molecule has 2 rings (SSSR count). The first kappa shape index (κ1) is 14.4. The maximum absolute atomic E-state index is 12.6. The number of amides is 2. The second-order valence-electron chi connectivity index (χ2n) is 7.26. The van der Waals surface area contributed by atoms with Gasteiger partial charge in [-0.2, -0.15) is 0 Å². The number of carbonyl (C=O) groups is 2. The standard InChI is InChI=1S/C15H26N2O2/c1-10-6-5-7-11(8-10)17-9-12(18)16-13(14(17)19)15(2,3)4/h10-11,13H,5-9H2,1-4H3,(H,16,18). The highest BCUT2D eigenvalue weighted by Crippen LogP contribution is 2.30. The number of hydrogen-bond acceptors (Lipinski definition) is 2. The Labute approximate surface area is 115 Å². The number of piperazine rings is 1. The van der Waals surface area contributed by atoms with Crippen molar-refractivity contribution in [2.24, 2.45) is 11.3 Å². The molecular formula is C15H26N2O2. The van der Waals surface area contributed by atoms with Crippen molar-refractivity contribution in [3.63, 3.8) is 0 Å². The Hall–Kier alpha value is -1.06. The first-order valence-corrected chi connectivity index (χ1v) is 7.39. The highest BCUT2D eigenvalue weighted by molar-refractivity contribution is 5.95. The fraction of sp³-hybridized carbons (Fsp3) is 0.867. The van der Waals surface area contributed by atoms with Crippen LogP contribution in [0.4, 0.5) is 0 Å². The highest BCUT2D eigenvalue weighted by Gasteiger charge is 2.42. The largest absolute Gasteiger partial charge is 0.342 e. The van der Waals surface area contributed by atoms with E-state index < -0.39 is 0 Å². The summed E-state index contributed by atoms with van der Waals surface area (Å²) in [5.74, 6) is 0.744. The van der Waals surface area contributed by atoms with Crippen molar-refractivity contribution in [2.75, 3.05) is 6.54 Å². The summed E-state index contributed by atoms with van der Waals surface area (Å²) in [6.45, 7) is 8.49. The van der Waals surface area contributed by atoms with Gasteiger partial charge in [0, 0.05) is 6.04 Å². The predicted octanol–water partition coefficient (Wildman–Crippen LogP) is 1.94. The molecular weight excluding hydrogens is 240 g/mol. The van der Waals surface area contributed by atoms with Crippen molar-refractivity contribution in [2.45, 2.75) is 65.5 Å². The van der Waals surface area contributed by atoms with Crippen molar-refractivity contribution in [3.8, 4) is 0 Å². The molecule has 108 valence electrons. The number of nitrogens with zero attached hydrogens (tertiary/aromatic N) is 1. The first-order chi connectivity index (χ1) is 8.79. The third-order valence-corrected chi connectivity index (χ3v) is 4.36. The van der Waals surface area contributed by atoms with Gasteiger partial charge in [0.05, 0.1) is 6.54 Å². The summed E-state index contributed by atoms with van der Waals surface area (Å²) in [5, 5.41) is 2.86. The van der Waals surface area contributed by atoms with E-state index in [0.29, 0.717) is 5.92 Å². The second-order valence-corrected chi connectivity index (χ2v) is 7.26. The SMILES string of the molecule is CC1CCCC(N2CC(=O)NC(C(C)(C)C)C2=O)C1. The van der Waals surface area contributed by atoms with Crippen LogP contribution in [-0.4, -0.2) is 35.3 Å². The minimum atomic E-state index is -0.383. The average molecular weight is 266 g/mol. The topological polar surface area (TPSA) is 49.4 Å². The summed E-state index contributed by atoms with van der Waals surface area (Å²) in [5.41, 5.74) is -0.230. The van der Waals surface area contributed by atoms with E-state index in [4.69, 9.17) is 0 Å². The molecule has 3 unspecified atom stereocenters. The lowest BCUT2D eigenvalue weighted by Crippen LogP contribution is -2.64. The molecule has 4 nitrogen and oxygen atoms in total. The molecule has 1 saturated heterocycles. The number of carbonyl (C=O) groups excluding carboxylic acids is 2. The van der Waals surface area contributed by atoms with Gasteiger partial charge in [-0.05, 0) is 24.2 Å². The van der Waals surface area contributed by atoms with E-state index in [0.717, 1.165) is 19.3 Å². The van der Waals surface area contributed by atoms with Crippen LogP contribution in [-0.2, 0) is 9.59 Å². The number of hydrogen-bond donors (Lipinski definition) is 1. The van der Waals surface area contributed by atoms with E-state index in [1.54, 1.807) is 0 Å². The monoisotopic (exact) mass is 266 g/mol. The minimum Gasteiger partial charge on any atom is -0.342 e. The maximum atomic E-state index is 12.6. The molecule has 1 saturated carbocycles. The average Bonchev–Trinajstić information content (AvgIpc) is 2.30. The molecule has 2 amide bonds. The normalized spacial score (nSPS) is 33.3. The van der Waals surface area contributed by atoms with Crippen LogP contribution in [0.1, 0.15) is 53.4 Å². The molecule has 19 heavy (non-hydrogen) atoms. The Morgan fingerprint density at radius 1 is 1.21 bits per heavy atom. The molecule has 0 aromatic carbocycles. The lowest BCUT2D eigenvalue weighted by Gasteiger charge is -2.44. The second kappa shape index (κ2) is 5.14. The summed E-state index contributed by atoms with van der Waals surface area (Å²) in [4.78, 5) is 26.4. The molecule has 3 atom stereocenters. The maximum Gasteiger partial charge on any atom is 0.246 e. The number of nitrogens with one attached hydrogen (secondary N) is 1. The van der Waals surface area contributed by atoms with Crippen LogP contribution in [0.25, 0.3) is 0 Å². The van der Waals surface area contributed by atoms with Gasteiger partial charge in [0.2, 0.25) is 11.8 Å². The summed E-state index contributed by atoms with van der Waals surface area (Å²) in [6, 6.07) is -0.127. The van der Waals surface area contributed by atoms with Crippen LogP contribution in [0.3, 0.4) is 0 Å². The van der Waals surface area contributed by atoms with E-state index in [9.17, 15) is 9.59 Å². The Kier molecular flexibility index (Phi) is 3.88. The van der Waals surface area contributed by atoms with Gasteiger partial charge in [0.1, 0.15) is 6.04 Å². The Morgan fingerprint density at radius 2 is 1.89 bits per heavy atom. The van der Waals surface area contributed by atoms with Crippen molar-refractivity contribution < 1.29 is 9.59 Å². The molecule has 2 aliphatic rings. The molecule has 0 bridgehead atoms. The summed E-state index contributed by atoms with van der Waals surface area (Å²) in [7, 11) is 0.